The second-order valence-electron chi connectivity index (χ2n) is 8.13. The summed E-state index contributed by atoms with van der Waals surface area (Å²) in [5, 5.41) is 1.02. The van der Waals surface area contributed by atoms with E-state index in [0.717, 1.165) is 29.3 Å². The molecule has 0 saturated carbocycles. The van der Waals surface area contributed by atoms with Crippen LogP contribution >= 0.6 is 0 Å². The van der Waals surface area contributed by atoms with E-state index in [1.54, 1.807) is 35.4 Å². The largest absolute Gasteiger partial charge is 0.337 e. The maximum absolute atomic E-state index is 12.9. The Balaban J connectivity index is 1.22. The van der Waals surface area contributed by atoms with E-state index >= 15 is 0 Å². The molecule has 1 aromatic carbocycles. The zero-order valence-electron chi connectivity index (χ0n) is 17.6. The molecule has 0 aliphatic carbocycles. The number of carbonyl (C=O) groups is 1. The van der Waals surface area contributed by atoms with Gasteiger partial charge in [-0.2, -0.15) is 0 Å². The molecule has 4 heterocycles. The lowest BCUT2D eigenvalue weighted by atomic mass is 9.96. The molecule has 0 radical (unpaired) electrons. The summed E-state index contributed by atoms with van der Waals surface area (Å²) in [7, 11) is 0. The molecule has 7 nitrogen and oxygen atoms in total. The molecule has 1 amide bonds. The Morgan fingerprint density at radius 3 is 2.66 bits per heavy atom. The van der Waals surface area contributed by atoms with Gasteiger partial charge in [0.25, 0.3) is 11.5 Å². The topological polar surface area (TPSA) is 81.0 Å². The van der Waals surface area contributed by atoms with Gasteiger partial charge < -0.3 is 4.90 Å². The Hall–Kier alpha value is -3.87. The number of amides is 1. The molecule has 160 valence electrons. The summed E-state index contributed by atoms with van der Waals surface area (Å²) < 4.78 is 1.66. The third-order valence-electron chi connectivity index (χ3n) is 6.01. The first-order valence-electron chi connectivity index (χ1n) is 10.8. The number of hydrogen-bond acceptors (Lipinski definition) is 5. The van der Waals surface area contributed by atoms with E-state index in [9.17, 15) is 9.59 Å². The van der Waals surface area contributed by atoms with Gasteiger partial charge in [0.05, 0.1) is 17.5 Å². The fraction of sp³-hybridized carbons (Fsp3) is 0.240. The van der Waals surface area contributed by atoms with Crippen LogP contribution in [0.1, 0.15) is 23.3 Å². The van der Waals surface area contributed by atoms with E-state index < -0.39 is 0 Å². The molecule has 32 heavy (non-hydrogen) atoms. The summed E-state index contributed by atoms with van der Waals surface area (Å²) >= 11 is 0. The average Bonchev–Trinajstić information content (AvgIpc) is 2.85. The Morgan fingerprint density at radius 1 is 1.03 bits per heavy atom. The van der Waals surface area contributed by atoms with Gasteiger partial charge in [0.2, 0.25) is 0 Å². The molecular formula is C25H23N5O2. The van der Waals surface area contributed by atoms with E-state index in [1.807, 2.05) is 47.4 Å². The van der Waals surface area contributed by atoms with E-state index in [1.165, 1.54) is 0 Å². The van der Waals surface area contributed by atoms with Crippen LogP contribution in [0.25, 0.3) is 22.2 Å². The SMILES string of the molecule is O=C(c1ccc2ccccc2n1)N1CCC(Cn2cnc(-c3cccnc3)cc2=O)CC1. The van der Waals surface area contributed by atoms with Crippen molar-refractivity contribution in [1.82, 2.24) is 24.4 Å². The lowest BCUT2D eigenvalue weighted by molar-refractivity contribution is 0.0676. The van der Waals surface area contributed by atoms with Crippen molar-refractivity contribution >= 4 is 16.8 Å². The fourth-order valence-corrected chi connectivity index (χ4v) is 4.18. The van der Waals surface area contributed by atoms with Crippen LogP contribution in [0.3, 0.4) is 0 Å². The second-order valence-corrected chi connectivity index (χ2v) is 8.13. The third-order valence-corrected chi connectivity index (χ3v) is 6.01. The molecule has 1 aliphatic heterocycles. The molecule has 5 rings (SSSR count). The number of rotatable bonds is 4. The highest BCUT2D eigenvalue weighted by atomic mass is 16.2. The van der Waals surface area contributed by atoms with Crippen molar-refractivity contribution in [3.05, 3.63) is 89.4 Å². The number of piperidine rings is 1. The van der Waals surface area contributed by atoms with Crippen molar-refractivity contribution in [3.8, 4) is 11.3 Å². The van der Waals surface area contributed by atoms with Crippen LogP contribution in [0, 0.1) is 5.92 Å². The normalized spacial score (nSPS) is 14.6. The van der Waals surface area contributed by atoms with Crippen LogP contribution in [0.15, 0.2) is 78.1 Å². The highest BCUT2D eigenvalue weighted by Crippen LogP contribution is 2.21. The molecule has 0 bridgehead atoms. The van der Waals surface area contributed by atoms with Gasteiger partial charge in [-0.3, -0.25) is 19.1 Å². The summed E-state index contributed by atoms with van der Waals surface area (Å²) in [5.41, 5.74) is 2.69. The third kappa shape index (κ3) is 4.14. The first-order chi connectivity index (χ1) is 15.7. The van der Waals surface area contributed by atoms with E-state index in [2.05, 4.69) is 15.0 Å². The number of carbonyl (C=O) groups excluding carboxylic acids is 1. The monoisotopic (exact) mass is 425 g/mol. The van der Waals surface area contributed by atoms with Crippen molar-refractivity contribution < 1.29 is 4.79 Å². The standard InChI is InChI=1S/C25H23N5O2/c31-24-14-23(20-5-3-11-26-15-20)27-17-30(24)16-18-9-12-29(13-10-18)25(32)22-8-7-19-4-1-2-6-21(19)28-22/h1-8,11,14-15,17-18H,9-10,12-13,16H2. The van der Waals surface area contributed by atoms with Crippen molar-refractivity contribution in [2.45, 2.75) is 19.4 Å². The van der Waals surface area contributed by atoms with Crippen LogP contribution in [0.4, 0.5) is 0 Å². The van der Waals surface area contributed by atoms with Crippen LogP contribution < -0.4 is 5.56 Å². The summed E-state index contributed by atoms with van der Waals surface area (Å²) in [6.07, 6.45) is 6.69. The smallest absolute Gasteiger partial charge is 0.272 e. The summed E-state index contributed by atoms with van der Waals surface area (Å²) in [6.45, 7) is 1.93. The molecule has 1 aliphatic rings. The lowest BCUT2D eigenvalue weighted by Crippen LogP contribution is -2.40. The molecule has 4 aromatic rings. The average molecular weight is 425 g/mol. The Morgan fingerprint density at radius 2 is 1.88 bits per heavy atom. The summed E-state index contributed by atoms with van der Waals surface area (Å²) in [6, 6.07) is 16.8. The van der Waals surface area contributed by atoms with Crippen LogP contribution in [0.2, 0.25) is 0 Å². The molecule has 0 unspecified atom stereocenters. The van der Waals surface area contributed by atoms with Gasteiger partial charge in [0.1, 0.15) is 5.69 Å². The summed E-state index contributed by atoms with van der Waals surface area (Å²) in [5.74, 6) is 0.293. The van der Waals surface area contributed by atoms with Gasteiger partial charge in [-0.25, -0.2) is 9.97 Å². The highest BCUT2D eigenvalue weighted by molar-refractivity contribution is 5.94. The van der Waals surface area contributed by atoms with Gasteiger partial charge in [0.15, 0.2) is 0 Å². The van der Waals surface area contributed by atoms with Crippen molar-refractivity contribution in [1.29, 1.82) is 0 Å². The highest BCUT2D eigenvalue weighted by Gasteiger charge is 2.25. The van der Waals surface area contributed by atoms with Gasteiger partial charge in [-0.1, -0.05) is 24.3 Å². The van der Waals surface area contributed by atoms with Gasteiger partial charge >= 0.3 is 0 Å². The van der Waals surface area contributed by atoms with Gasteiger partial charge in [-0.05, 0) is 43.0 Å². The Labute approximate surface area is 185 Å². The van der Waals surface area contributed by atoms with Gasteiger partial charge in [-0.15, -0.1) is 0 Å². The molecule has 7 heteroatoms. The summed E-state index contributed by atoms with van der Waals surface area (Å²) in [4.78, 5) is 40.4. The Kier molecular flexibility index (Phi) is 5.46. The molecular weight excluding hydrogens is 402 g/mol. The number of likely N-dealkylation sites (tertiary alicyclic amines) is 1. The number of hydrogen-bond donors (Lipinski definition) is 0. The predicted octanol–water partition coefficient (Wildman–Crippen LogP) is 3.41. The van der Waals surface area contributed by atoms with Crippen LogP contribution in [0.5, 0.6) is 0 Å². The second kappa shape index (κ2) is 8.70. The van der Waals surface area contributed by atoms with E-state index in [-0.39, 0.29) is 11.5 Å². The molecule has 1 saturated heterocycles. The molecule has 1 fully saturated rings. The maximum atomic E-state index is 12.9. The van der Waals surface area contributed by atoms with Crippen molar-refractivity contribution in [2.24, 2.45) is 5.92 Å². The molecule has 0 atom stereocenters. The fourth-order valence-electron chi connectivity index (χ4n) is 4.18. The van der Waals surface area contributed by atoms with Crippen LogP contribution in [-0.2, 0) is 6.54 Å². The minimum Gasteiger partial charge on any atom is -0.337 e. The van der Waals surface area contributed by atoms with Gasteiger partial charge in [0, 0.05) is 49.0 Å². The number of pyridine rings is 2. The quantitative estimate of drug-likeness (QED) is 0.501. The number of para-hydroxylation sites is 1. The van der Waals surface area contributed by atoms with Crippen molar-refractivity contribution in [3.63, 3.8) is 0 Å². The zero-order chi connectivity index (χ0) is 21.9. The minimum absolute atomic E-state index is 0.0335. The maximum Gasteiger partial charge on any atom is 0.272 e. The number of nitrogens with zero attached hydrogens (tertiary/aromatic N) is 5. The van der Waals surface area contributed by atoms with E-state index in [4.69, 9.17) is 0 Å². The number of aromatic nitrogens is 4. The Bertz CT molecular complexity index is 1310. The van der Waals surface area contributed by atoms with Crippen LogP contribution in [-0.4, -0.2) is 43.4 Å². The zero-order valence-corrected chi connectivity index (χ0v) is 17.6. The predicted molar refractivity (Wildman–Crippen MR) is 122 cm³/mol. The number of fused-ring (bicyclic) bond motifs is 1. The first-order valence-corrected chi connectivity index (χ1v) is 10.8. The number of benzene rings is 1. The molecule has 3 aromatic heterocycles. The lowest BCUT2D eigenvalue weighted by Gasteiger charge is -2.32. The molecule has 0 N–H and O–H groups in total. The first kappa shape index (κ1) is 20.1. The van der Waals surface area contributed by atoms with E-state index in [0.29, 0.717) is 36.9 Å². The minimum atomic E-state index is -0.0716. The van der Waals surface area contributed by atoms with Crippen molar-refractivity contribution in [2.75, 3.05) is 13.1 Å². The molecule has 0 spiro atoms.